The fraction of sp³-hybridized carbons (Fsp3) is 0.667. The summed E-state index contributed by atoms with van der Waals surface area (Å²) in [6.07, 6.45) is 0.820. The molecule has 0 fully saturated rings. The van der Waals surface area contributed by atoms with Crippen LogP contribution in [0.3, 0.4) is 0 Å². The number of carbonyl (C=O) groups excluding carboxylic acids is 1. The first kappa shape index (κ1) is 15.3. The lowest BCUT2D eigenvalue weighted by atomic mass is 10.0. The van der Waals surface area contributed by atoms with Crippen LogP contribution in [-0.4, -0.2) is 36.8 Å². The molecule has 1 amide bonds. The largest absolute Gasteiger partial charge is 0.500 e. The van der Waals surface area contributed by atoms with E-state index in [2.05, 4.69) is 12.6 Å². The molecule has 0 rings (SSSR count). The molecule has 0 N–H and O–H groups in total. The molecule has 0 aliphatic heterocycles. The Morgan fingerprint density at radius 3 is 2.65 bits per heavy atom. The summed E-state index contributed by atoms with van der Waals surface area (Å²) in [4.78, 5) is 13.1. The molecule has 0 saturated carbocycles. The molecule has 5 nitrogen and oxygen atoms in total. The van der Waals surface area contributed by atoms with Crippen molar-refractivity contribution in [2.45, 2.75) is 26.8 Å². The van der Waals surface area contributed by atoms with Gasteiger partial charge in [0.05, 0.1) is 25.5 Å². The number of nitriles is 1. The van der Waals surface area contributed by atoms with Crippen LogP contribution in [0.15, 0.2) is 12.8 Å². The van der Waals surface area contributed by atoms with Crippen LogP contribution >= 0.6 is 0 Å². The van der Waals surface area contributed by atoms with Crippen LogP contribution < -0.4 is 0 Å². The van der Waals surface area contributed by atoms with Crippen molar-refractivity contribution in [3.8, 4) is 6.07 Å². The highest BCUT2D eigenvalue weighted by Crippen LogP contribution is 2.11. The summed E-state index contributed by atoms with van der Waals surface area (Å²) >= 11 is 0. The Morgan fingerprint density at radius 1 is 1.59 bits per heavy atom. The zero-order chi connectivity index (χ0) is 13.3. The molecule has 0 heterocycles. The fourth-order valence-corrected chi connectivity index (χ4v) is 1.36. The molecule has 5 heteroatoms. The summed E-state index contributed by atoms with van der Waals surface area (Å²) in [5, 5.41) is 9.08. The van der Waals surface area contributed by atoms with Gasteiger partial charge in [-0.15, -0.1) is 0 Å². The predicted molar refractivity (Wildman–Crippen MR) is 64.1 cm³/mol. The molecule has 0 spiro atoms. The summed E-state index contributed by atoms with van der Waals surface area (Å²) < 4.78 is 9.89. The predicted octanol–water partition coefficient (Wildman–Crippen LogP) is 2.15. The molecule has 0 aromatic carbocycles. The van der Waals surface area contributed by atoms with Crippen molar-refractivity contribution in [1.29, 1.82) is 5.26 Å². The van der Waals surface area contributed by atoms with Crippen LogP contribution in [0.5, 0.6) is 0 Å². The van der Waals surface area contributed by atoms with E-state index < -0.39 is 12.1 Å². The van der Waals surface area contributed by atoms with E-state index in [-0.39, 0.29) is 12.5 Å². The van der Waals surface area contributed by atoms with E-state index in [9.17, 15) is 4.79 Å². The average molecular weight is 240 g/mol. The Balaban J connectivity index is 4.64. The third-order valence-corrected chi connectivity index (χ3v) is 2.17. The number of nitrogens with zero attached hydrogens (tertiary/aromatic N) is 2. The SMILES string of the molecule is C=COCCN(C(=O)OCC)C(C#N)C(C)C. The number of amides is 1. The number of hydrogen-bond donors (Lipinski definition) is 0. The molecule has 1 atom stereocenters. The first-order chi connectivity index (χ1) is 8.08. The van der Waals surface area contributed by atoms with Crippen molar-refractivity contribution in [2.75, 3.05) is 19.8 Å². The molecule has 0 radical (unpaired) electrons. The number of rotatable bonds is 7. The van der Waals surface area contributed by atoms with Gasteiger partial charge in [-0.2, -0.15) is 5.26 Å². The molecule has 96 valence electrons. The molecule has 0 aliphatic rings. The molecule has 1 unspecified atom stereocenters. The van der Waals surface area contributed by atoms with Gasteiger partial charge in [-0.1, -0.05) is 20.4 Å². The molecule has 0 aromatic rings. The van der Waals surface area contributed by atoms with Crippen molar-refractivity contribution in [3.05, 3.63) is 12.8 Å². The van der Waals surface area contributed by atoms with Crippen molar-refractivity contribution in [3.63, 3.8) is 0 Å². The van der Waals surface area contributed by atoms with Gasteiger partial charge in [0.1, 0.15) is 12.6 Å². The van der Waals surface area contributed by atoms with Gasteiger partial charge in [0.2, 0.25) is 0 Å². The first-order valence-electron chi connectivity index (χ1n) is 5.64. The minimum Gasteiger partial charge on any atom is -0.500 e. The van der Waals surface area contributed by atoms with Crippen LogP contribution in [-0.2, 0) is 9.47 Å². The van der Waals surface area contributed by atoms with Crippen molar-refractivity contribution < 1.29 is 14.3 Å². The van der Waals surface area contributed by atoms with Crippen molar-refractivity contribution in [2.24, 2.45) is 5.92 Å². The highest BCUT2D eigenvalue weighted by Gasteiger charge is 2.26. The first-order valence-corrected chi connectivity index (χ1v) is 5.64. The number of carbonyl (C=O) groups is 1. The van der Waals surface area contributed by atoms with Gasteiger partial charge in [-0.3, -0.25) is 4.90 Å². The maximum Gasteiger partial charge on any atom is 0.410 e. The average Bonchev–Trinajstić information content (AvgIpc) is 2.28. The van der Waals surface area contributed by atoms with Crippen LogP contribution in [0.4, 0.5) is 4.79 Å². The Bertz CT molecular complexity index is 284. The van der Waals surface area contributed by atoms with Crippen molar-refractivity contribution in [1.82, 2.24) is 4.90 Å². The van der Waals surface area contributed by atoms with E-state index in [1.54, 1.807) is 6.92 Å². The van der Waals surface area contributed by atoms with E-state index in [0.717, 1.165) is 0 Å². The summed E-state index contributed by atoms with van der Waals surface area (Å²) in [6.45, 7) is 9.80. The summed E-state index contributed by atoms with van der Waals surface area (Å²) in [6, 6.07) is 1.60. The highest BCUT2D eigenvalue weighted by atomic mass is 16.6. The smallest absolute Gasteiger partial charge is 0.410 e. The highest BCUT2D eigenvalue weighted by molar-refractivity contribution is 5.68. The third kappa shape index (κ3) is 5.25. The quantitative estimate of drug-likeness (QED) is 0.505. The van der Waals surface area contributed by atoms with E-state index in [4.69, 9.17) is 14.7 Å². The molecule has 0 bridgehead atoms. The summed E-state index contributed by atoms with van der Waals surface area (Å²) in [5.74, 6) is 0.0353. The van der Waals surface area contributed by atoms with E-state index in [1.807, 2.05) is 13.8 Å². The Hall–Kier alpha value is -1.70. The minimum atomic E-state index is -0.512. The van der Waals surface area contributed by atoms with E-state index in [0.29, 0.717) is 13.2 Å². The number of hydrogen-bond acceptors (Lipinski definition) is 4. The second-order valence-electron chi connectivity index (χ2n) is 3.75. The maximum absolute atomic E-state index is 11.7. The van der Waals surface area contributed by atoms with Crippen LogP contribution in [0.25, 0.3) is 0 Å². The fourth-order valence-electron chi connectivity index (χ4n) is 1.36. The summed E-state index contributed by atoms with van der Waals surface area (Å²) in [7, 11) is 0. The Kier molecular flexibility index (Phi) is 7.61. The Labute approximate surface area is 103 Å². The standard InChI is InChI=1S/C12H20N2O3/c1-5-16-8-7-14(12(15)17-6-2)11(9-13)10(3)4/h5,10-11H,1,6-8H2,2-4H3. The van der Waals surface area contributed by atoms with Crippen LogP contribution in [0.2, 0.25) is 0 Å². The minimum absolute atomic E-state index is 0.0353. The maximum atomic E-state index is 11.7. The van der Waals surface area contributed by atoms with E-state index in [1.165, 1.54) is 11.2 Å². The lowest BCUT2D eigenvalue weighted by Gasteiger charge is -2.28. The van der Waals surface area contributed by atoms with Gasteiger partial charge in [0.25, 0.3) is 0 Å². The molecule has 17 heavy (non-hydrogen) atoms. The van der Waals surface area contributed by atoms with Gasteiger partial charge in [0.15, 0.2) is 0 Å². The lowest BCUT2D eigenvalue weighted by molar-refractivity contribution is 0.0794. The zero-order valence-electron chi connectivity index (χ0n) is 10.7. The molecular weight excluding hydrogens is 220 g/mol. The van der Waals surface area contributed by atoms with Gasteiger partial charge in [0, 0.05) is 0 Å². The monoisotopic (exact) mass is 240 g/mol. The lowest BCUT2D eigenvalue weighted by Crippen LogP contribution is -2.44. The van der Waals surface area contributed by atoms with Gasteiger partial charge in [-0.25, -0.2) is 4.79 Å². The van der Waals surface area contributed by atoms with Crippen LogP contribution in [0, 0.1) is 17.2 Å². The van der Waals surface area contributed by atoms with Crippen LogP contribution in [0.1, 0.15) is 20.8 Å². The second kappa shape index (κ2) is 8.45. The molecule has 0 saturated heterocycles. The summed E-state index contributed by atoms with van der Waals surface area (Å²) in [5.41, 5.74) is 0. The Morgan fingerprint density at radius 2 is 2.24 bits per heavy atom. The van der Waals surface area contributed by atoms with Gasteiger partial charge >= 0.3 is 6.09 Å². The van der Waals surface area contributed by atoms with Gasteiger partial charge < -0.3 is 9.47 Å². The number of ether oxygens (including phenoxy) is 2. The van der Waals surface area contributed by atoms with Crippen molar-refractivity contribution >= 4 is 6.09 Å². The normalized spacial score (nSPS) is 11.5. The third-order valence-electron chi connectivity index (χ3n) is 2.17. The zero-order valence-corrected chi connectivity index (χ0v) is 10.7. The topological polar surface area (TPSA) is 62.6 Å². The molecule has 0 aliphatic carbocycles. The molecule has 0 aromatic heterocycles. The van der Waals surface area contributed by atoms with Gasteiger partial charge in [-0.05, 0) is 12.8 Å². The van der Waals surface area contributed by atoms with E-state index >= 15 is 0 Å². The molecular formula is C12H20N2O3. The second-order valence-corrected chi connectivity index (χ2v) is 3.75.